The highest BCUT2D eigenvalue weighted by Gasteiger charge is 2.16. The molecule has 19 heavy (non-hydrogen) atoms. The van der Waals surface area contributed by atoms with Crippen molar-refractivity contribution in [1.82, 2.24) is 5.32 Å². The largest absolute Gasteiger partial charge is 0.496 e. The number of para-hydroxylation sites is 1. The number of hydrogen-bond donors (Lipinski definition) is 1. The van der Waals surface area contributed by atoms with Crippen molar-refractivity contribution in [3.8, 4) is 5.75 Å². The van der Waals surface area contributed by atoms with Gasteiger partial charge in [0.25, 0.3) is 0 Å². The third kappa shape index (κ3) is 2.96. The first-order valence-corrected chi connectivity index (χ1v) is 6.69. The van der Waals surface area contributed by atoms with Gasteiger partial charge in [-0.2, -0.15) is 0 Å². The lowest BCUT2D eigenvalue weighted by atomic mass is 9.96. The molecule has 1 unspecified atom stereocenters. The van der Waals surface area contributed by atoms with Gasteiger partial charge in [0.2, 0.25) is 0 Å². The zero-order valence-electron chi connectivity index (χ0n) is 11.8. The molecule has 2 nitrogen and oxygen atoms in total. The smallest absolute Gasteiger partial charge is 0.123 e. The number of hydrogen-bond acceptors (Lipinski definition) is 2. The van der Waals surface area contributed by atoms with Crippen molar-refractivity contribution in [2.45, 2.75) is 19.4 Å². The molecule has 0 bridgehead atoms. The second kappa shape index (κ2) is 6.39. The number of nitrogens with one attached hydrogen (secondary N) is 1. The molecule has 0 aliphatic rings. The van der Waals surface area contributed by atoms with Gasteiger partial charge in [-0.15, -0.1) is 0 Å². The number of benzene rings is 2. The Morgan fingerprint density at radius 3 is 2.58 bits per heavy atom. The SMILES string of the molecule is CCc1cccc(C(NC)c2ccccc2OC)c1. The van der Waals surface area contributed by atoms with Crippen molar-refractivity contribution >= 4 is 0 Å². The van der Waals surface area contributed by atoms with Crippen LogP contribution in [0.2, 0.25) is 0 Å². The average molecular weight is 255 g/mol. The molecule has 2 rings (SSSR count). The number of ether oxygens (including phenoxy) is 1. The van der Waals surface area contributed by atoms with Gasteiger partial charge >= 0.3 is 0 Å². The molecule has 0 amide bonds. The molecule has 0 saturated heterocycles. The molecule has 0 heterocycles. The number of rotatable bonds is 5. The maximum absolute atomic E-state index is 5.47. The van der Waals surface area contributed by atoms with E-state index in [1.807, 2.05) is 25.2 Å². The van der Waals surface area contributed by atoms with E-state index in [9.17, 15) is 0 Å². The standard InChI is InChI=1S/C17H21NO/c1-4-13-8-7-9-14(12-13)17(18-2)15-10-5-6-11-16(15)19-3/h5-12,17-18H,4H2,1-3H3. The van der Waals surface area contributed by atoms with Gasteiger partial charge in [0.1, 0.15) is 5.75 Å². The molecular formula is C17H21NO. The summed E-state index contributed by atoms with van der Waals surface area (Å²) in [5.41, 5.74) is 3.79. The van der Waals surface area contributed by atoms with E-state index in [4.69, 9.17) is 4.74 Å². The van der Waals surface area contributed by atoms with E-state index in [-0.39, 0.29) is 6.04 Å². The van der Waals surface area contributed by atoms with Crippen molar-refractivity contribution in [3.63, 3.8) is 0 Å². The van der Waals surface area contributed by atoms with Gasteiger partial charge in [-0.1, -0.05) is 49.4 Å². The summed E-state index contributed by atoms with van der Waals surface area (Å²) >= 11 is 0. The van der Waals surface area contributed by atoms with E-state index >= 15 is 0 Å². The summed E-state index contributed by atoms with van der Waals surface area (Å²) in [6, 6.07) is 17.0. The predicted octanol–water partition coefficient (Wildman–Crippen LogP) is 3.57. The van der Waals surface area contributed by atoms with E-state index in [0.717, 1.165) is 12.2 Å². The van der Waals surface area contributed by atoms with Crippen LogP contribution in [-0.4, -0.2) is 14.2 Å². The highest BCUT2D eigenvalue weighted by molar-refractivity contribution is 5.42. The second-order valence-electron chi connectivity index (χ2n) is 4.56. The van der Waals surface area contributed by atoms with Gasteiger partial charge < -0.3 is 10.1 Å². The van der Waals surface area contributed by atoms with Crippen LogP contribution in [0.15, 0.2) is 48.5 Å². The third-order valence-electron chi connectivity index (χ3n) is 3.43. The van der Waals surface area contributed by atoms with Crippen LogP contribution >= 0.6 is 0 Å². The van der Waals surface area contributed by atoms with E-state index in [1.54, 1.807) is 7.11 Å². The molecule has 2 heteroatoms. The van der Waals surface area contributed by atoms with Gasteiger partial charge in [0.05, 0.1) is 13.2 Å². The Labute approximate surface area is 115 Å². The maximum Gasteiger partial charge on any atom is 0.123 e. The van der Waals surface area contributed by atoms with E-state index in [0.29, 0.717) is 0 Å². The zero-order valence-corrected chi connectivity index (χ0v) is 11.8. The summed E-state index contributed by atoms with van der Waals surface area (Å²) < 4.78 is 5.47. The number of aryl methyl sites for hydroxylation is 1. The quantitative estimate of drug-likeness (QED) is 0.882. The van der Waals surface area contributed by atoms with Crippen LogP contribution in [0.5, 0.6) is 5.75 Å². The van der Waals surface area contributed by atoms with Crippen LogP contribution in [-0.2, 0) is 6.42 Å². The molecule has 2 aromatic rings. The van der Waals surface area contributed by atoms with Crippen LogP contribution < -0.4 is 10.1 Å². The molecule has 0 aliphatic heterocycles. The molecule has 0 radical (unpaired) electrons. The van der Waals surface area contributed by atoms with Crippen molar-refractivity contribution < 1.29 is 4.74 Å². The first-order valence-electron chi connectivity index (χ1n) is 6.69. The van der Waals surface area contributed by atoms with Gasteiger partial charge in [0.15, 0.2) is 0 Å². The Hall–Kier alpha value is -1.80. The molecular weight excluding hydrogens is 234 g/mol. The minimum atomic E-state index is 0.155. The fraction of sp³-hybridized carbons (Fsp3) is 0.294. The Balaban J connectivity index is 2.43. The van der Waals surface area contributed by atoms with E-state index in [1.165, 1.54) is 16.7 Å². The molecule has 100 valence electrons. The van der Waals surface area contributed by atoms with Gasteiger partial charge in [-0.25, -0.2) is 0 Å². The van der Waals surface area contributed by atoms with Gasteiger partial charge in [-0.3, -0.25) is 0 Å². The second-order valence-corrected chi connectivity index (χ2v) is 4.56. The molecule has 0 aromatic heterocycles. The molecule has 0 saturated carbocycles. The maximum atomic E-state index is 5.47. The van der Waals surface area contributed by atoms with E-state index in [2.05, 4.69) is 42.6 Å². The summed E-state index contributed by atoms with van der Waals surface area (Å²) in [6.07, 6.45) is 1.05. The summed E-state index contributed by atoms with van der Waals surface area (Å²) in [5, 5.41) is 3.38. The monoisotopic (exact) mass is 255 g/mol. The lowest BCUT2D eigenvalue weighted by Crippen LogP contribution is -2.18. The minimum Gasteiger partial charge on any atom is -0.496 e. The molecule has 1 N–H and O–H groups in total. The summed E-state index contributed by atoms with van der Waals surface area (Å²) in [6.45, 7) is 2.18. The third-order valence-corrected chi connectivity index (χ3v) is 3.43. The van der Waals surface area contributed by atoms with Crippen molar-refractivity contribution in [2.24, 2.45) is 0 Å². The lowest BCUT2D eigenvalue weighted by molar-refractivity contribution is 0.405. The van der Waals surface area contributed by atoms with E-state index < -0.39 is 0 Å². The van der Waals surface area contributed by atoms with Crippen LogP contribution in [0.25, 0.3) is 0 Å². The molecule has 0 aliphatic carbocycles. The van der Waals surface area contributed by atoms with Crippen molar-refractivity contribution in [2.75, 3.05) is 14.2 Å². The predicted molar refractivity (Wildman–Crippen MR) is 79.7 cm³/mol. The molecule has 0 spiro atoms. The molecule has 0 fully saturated rings. The Bertz CT molecular complexity index is 536. The van der Waals surface area contributed by atoms with Crippen molar-refractivity contribution in [1.29, 1.82) is 0 Å². The topological polar surface area (TPSA) is 21.3 Å². The Kier molecular flexibility index (Phi) is 4.58. The number of methoxy groups -OCH3 is 1. The van der Waals surface area contributed by atoms with Crippen LogP contribution in [0, 0.1) is 0 Å². The van der Waals surface area contributed by atoms with Crippen molar-refractivity contribution in [3.05, 3.63) is 65.2 Å². The summed E-state index contributed by atoms with van der Waals surface area (Å²) in [7, 11) is 3.70. The Morgan fingerprint density at radius 1 is 1.11 bits per heavy atom. The fourth-order valence-corrected chi connectivity index (χ4v) is 2.40. The fourth-order valence-electron chi connectivity index (χ4n) is 2.40. The zero-order chi connectivity index (χ0) is 13.7. The minimum absolute atomic E-state index is 0.155. The molecule has 2 aromatic carbocycles. The van der Waals surface area contributed by atoms with Crippen LogP contribution in [0.3, 0.4) is 0 Å². The molecule has 1 atom stereocenters. The highest BCUT2D eigenvalue weighted by atomic mass is 16.5. The summed E-state index contributed by atoms with van der Waals surface area (Å²) in [4.78, 5) is 0. The van der Waals surface area contributed by atoms with Gasteiger partial charge in [-0.05, 0) is 30.7 Å². The highest BCUT2D eigenvalue weighted by Crippen LogP contribution is 2.29. The van der Waals surface area contributed by atoms with Crippen LogP contribution in [0.1, 0.15) is 29.7 Å². The Morgan fingerprint density at radius 2 is 1.89 bits per heavy atom. The first kappa shape index (κ1) is 13.6. The summed E-state index contributed by atoms with van der Waals surface area (Å²) in [5.74, 6) is 0.920. The normalized spacial score (nSPS) is 12.2. The van der Waals surface area contributed by atoms with Gasteiger partial charge in [0, 0.05) is 5.56 Å². The van der Waals surface area contributed by atoms with Crippen LogP contribution in [0.4, 0.5) is 0 Å². The first-order chi connectivity index (χ1) is 9.30. The average Bonchev–Trinajstić information content (AvgIpc) is 2.49. The lowest BCUT2D eigenvalue weighted by Gasteiger charge is -2.20.